The zero-order chi connectivity index (χ0) is 16.9. The summed E-state index contributed by atoms with van der Waals surface area (Å²) in [4.78, 5) is 14.8. The van der Waals surface area contributed by atoms with Crippen molar-refractivity contribution in [3.63, 3.8) is 0 Å². The number of nitrogens with zero attached hydrogens (tertiary/aromatic N) is 1. The van der Waals surface area contributed by atoms with E-state index in [0.717, 1.165) is 17.7 Å². The van der Waals surface area contributed by atoms with Gasteiger partial charge in [-0.1, -0.05) is 6.07 Å². The lowest BCUT2D eigenvalue weighted by molar-refractivity contribution is -0.226. The average Bonchev–Trinajstić information content (AvgIpc) is 2.91. The number of aliphatic hydroxyl groups is 2. The van der Waals surface area contributed by atoms with E-state index in [0.29, 0.717) is 24.3 Å². The van der Waals surface area contributed by atoms with Crippen LogP contribution in [-0.4, -0.2) is 65.4 Å². The maximum Gasteiger partial charge on any atom is 0.177 e. The lowest BCUT2D eigenvalue weighted by atomic mass is 9.48. The molecule has 1 saturated heterocycles. The van der Waals surface area contributed by atoms with Crippen molar-refractivity contribution in [3.8, 4) is 11.5 Å². The summed E-state index contributed by atoms with van der Waals surface area (Å²) >= 11 is 0. The van der Waals surface area contributed by atoms with Gasteiger partial charge in [-0.3, -0.25) is 4.79 Å². The van der Waals surface area contributed by atoms with Gasteiger partial charge >= 0.3 is 0 Å². The normalized spacial score (nSPS) is 40.8. The third kappa shape index (κ3) is 1.65. The van der Waals surface area contributed by atoms with E-state index < -0.39 is 23.2 Å². The van der Waals surface area contributed by atoms with Crippen LogP contribution in [-0.2, 0) is 16.6 Å². The number of carbonyl (C=O) groups is 1. The Morgan fingerprint density at radius 2 is 2.12 bits per heavy atom. The minimum absolute atomic E-state index is 0. The van der Waals surface area contributed by atoms with E-state index in [-0.39, 0.29) is 30.7 Å². The van der Waals surface area contributed by atoms with Crippen molar-refractivity contribution in [3.05, 3.63) is 23.3 Å². The summed E-state index contributed by atoms with van der Waals surface area (Å²) in [6.45, 7) is 0.753. The second-order valence-electron chi connectivity index (χ2n) is 7.56. The van der Waals surface area contributed by atoms with Crippen molar-refractivity contribution in [2.45, 2.75) is 48.5 Å². The van der Waals surface area contributed by atoms with Crippen molar-refractivity contribution < 1.29 is 24.5 Å². The first-order valence-electron chi connectivity index (χ1n) is 8.45. The molecule has 2 fully saturated rings. The molecule has 2 bridgehead atoms. The van der Waals surface area contributed by atoms with Crippen LogP contribution in [0.5, 0.6) is 11.5 Å². The minimum Gasteiger partial charge on any atom is -0.493 e. The number of rotatable bonds is 1. The Morgan fingerprint density at radius 1 is 1.36 bits per heavy atom. The monoisotopic (exact) mass is 367 g/mol. The summed E-state index contributed by atoms with van der Waals surface area (Å²) in [5.74, 6) is 1.02. The van der Waals surface area contributed by atoms with Crippen LogP contribution in [0.2, 0.25) is 0 Å². The molecule has 5 atom stereocenters. The molecule has 2 heterocycles. The first kappa shape index (κ1) is 17.1. The smallest absolute Gasteiger partial charge is 0.177 e. The number of likely N-dealkylation sites (tertiary alicyclic amines) is 1. The van der Waals surface area contributed by atoms with Gasteiger partial charge in [0.25, 0.3) is 0 Å². The molecule has 2 aliphatic carbocycles. The fourth-order valence-electron chi connectivity index (χ4n) is 5.73. The Morgan fingerprint density at radius 3 is 2.84 bits per heavy atom. The largest absolute Gasteiger partial charge is 0.493 e. The van der Waals surface area contributed by atoms with E-state index in [4.69, 9.17) is 9.47 Å². The van der Waals surface area contributed by atoms with Crippen LogP contribution in [0.15, 0.2) is 12.1 Å². The van der Waals surface area contributed by atoms with E-state index in [1.807, 2.05) is 19.2 Å². The molecule has 0 radical (unpaired) electrons. The lowest BCUT2D eigenvalue weighted by Crippen LogP contribution is -2.80. The highest BCUT2D eigenvalue weighted by atomic mass is 35.5. The SMILES string of the molecule is COc1ccc2c3c1O[C@H]1C(=O)C[C@@H](O)[C@@]4(O)[C@@H](C2)N(C)CC[C@]314.Cl. The molecule has 25 heavy (non-hydrogen) atoms. The molecule has 2 N–H and O–H groups in total. The molecule has 0 unspecified atom stereocenters. The molecule has 7 heteroatoms. The third-order valence-corrected chi connectivity index (χ3v) is 6.78. The van der Waals surface area contributed by atoms with E-state index in [9.17, 15) is 15.0 Å². The van der Waals surface area contributed by atoms with Gasteiger partial charge in [0.05, 0.1) is 18.6 Å². The van der Waals surface area contributed by atoms with Crippen LogP contribution in [0.4, 0.5) is 0 Å². The fraction of sp³-hybridized carbons (Fsp3) is 0.611. The summed E-state index contributed by atoms with van der Waals surface area (Å²) in [5.41, 5.74) is -0.304. The molecule has 1 aromatic rings. The van der Waals surface area contributed by atoms with Crippen molar-refractivity contribution in [2.75, 3.05) is 20.7 Å². The van der Waals surface area contributed by atoms with Gasteiger partial charge in [0.1, 0.15) is 5.60 Å². The standard InChI is InChI=1S/C18H21NO5.ClH/c1-19-6-5-17-14-9-3-4-11(23-2)15(14)24-16(17)10(20)8-13(21)18(17,22)12(19)7-9;/h3-4,12-13,16,21-22H,5-8H2,1-2H3;1H/t12-,13-,16+,17+,18+;/m1./s1. The highest BCUT2D eigenvalue weighted by Crippen LogP contribution is 2.64. The minimum atomic E-state index is -1.39. The molecule has 1 aromatic carbocycles. The van der Waals surface area contributed by atoms with Crippen molar-refractivity contribution >= 4 is 18.2 Å². The number of halogens is 1. The van der Waals surface area contributed by atoms with Gasteiger partial charge in [0.15, 0.2) is 23.4 Å². The quantitative estimate of drug-likeness (QED) is 0.750. The number of benzene rings is 1. The van der Waals surface area contributed by atoms with Crippen molar-refractivity contribution in [1.82, 2.24) is 4.90 Å². The number of methoxy groups -OCH3 is 1. The van der Waals surface area contributed by atoms with Crippen LogP contribution in [0.25, 0.3) is 0 Å². The molecule has 4 aliphatic rings. The van der Waals surface area contributed by atoms with Crippen molar-refractivity contribution in [1.29, 1.82) is 0 Å². The molecule has 0 amide bonds. The third-order valence-electron chi connectivity index (χ3n) is 6.78. The Labute approximate surface area is 152 Å². The molecule has 136 valence electrons. The van der Waals surface area contributed by atoms with E-state index in [2.05, 4.69) is 4.90 Å². The predicted octanol–water partition coefficient (Wildman–Crippen LogP) is 0.441. The molecule has 1 spiro atoms. The Bertz CT molecular complexity index is 770. The number of hydrogen-bond acceptors (Lipinski definition) is 6. The number of ketones is 1. The topological polar surface area (TPSA) is 79.2 Å². The van der Waals surface area contributed by atoms with Gasteiger partial charge < -0.3 is 24.6 Å². The summed E-state index contributed by atoms with van der Waals surface area (Å²) in [6, 6.07) is 3.64. The maximum atomic E-state index is 12.7. The van der Waals surface area contributed by atoms with Crippen LogP contribution < -0.4 is 9.47 Å². The molecule has 2 aliphatic heterocycles. The number of piperidine rings is 1. The number of aliphatic hydroxyl groups excluding tert-OH is 1. The lowest BCUT2D eigenvalue weighted by Gasteiger charge is -2.63. The van der Waals surface area contributed by atoms with Crippen LogP contribution in [0.3, 0.4) is 0 Å². The second kappa shape index (κ2) is 5.10. The van der Waals surface area contributed by atoms with Gasteiger partial charge in [-0.25, -0.2) is 0 Å². The number of Topliss-reactive ketones (excluding diaryl/α,β-unsaturated/α-hetero) is 1. The number of ether oxygens (including phenoxy) is 2. The fourth-order valence-corrected chi connectivity index (χ4v) is 5.73. The molecular formula is C18H22ClNO5. The zero-order valence-electron chi connectivity index (χ0n) is 14.2. The predicted molar refractivity (Wildman–Crippen MR) is 91.7 cm³/mol. The summed E-state index contributed by atoms with van der Waals surface area (Å²) in [7, 11) is 3.54. The summed E-state index contributed by atoms with van der Waals surface area (Å²) in [6.07, 6.45) is -0.686. The van der Waals surface area contributed by atoms with Gasteiger partial charge in [0.2, 0.25) is 0 Å². The summed E-state index contributed by atoms with van der Waals surface area (Å²) in [5, 5.41) is 22.5. The second-order valence-corrected chi connectivity index (χ2v) is 7.56. The van der Waals surface area contributed by atoms with E-state index in [1.54, 1.807) is 7.11 Å². The van der Waals surface area contributed by atoms with Gasteiger partial charge in [-0.15, -0.1) is 12.4 Å². The Kier molecular flexibility index (Phi) is 3.49. The highest BCUT2D eigenvalue weighted by molar-refractivity contribution is 5.90. The first-order valence-corrected chi connectivity index (χ1v) is 8.45. The Hall–Kier alpha value is -1.34. The molecular weight excluding hydrogens is 346 g/mol. The van der Waals surface area contributed by atoms with E-state index >= 15 is 0 Å². The van der Waals surface area contributed by atoms with Gasteiger partial charge in [-0.05, 0) is 38.1 Å². The molecule has 0 aromatic heterocycles. The van der Waals surface area contributed by atoms with Gasteiger partial charge in [-0.2, -0.15) is 0 Å². The van der Waals surface area contributed by atoms with Crippen LogP contribution in [0.1, 0.15) is 24.0 Å². The molecule has 6 nitrogen and oxygen atoms in total. The first-order chi connectivity index (χ1) is 11.4. The average molecular weight is 368 g/mol. The van der Waals surface area contributed by atoms with Crippen LogP contribution in [0, 0.1) is 0 Å². The number of likely N-dealkylation sites (N-methyl/N-ethyl adjacent to an activating group) is 1. The number of carbonyl (C=O) groups excluding carboxylic acids is 1. The van der Waals surface area contributed by atoms with Gasteiger partial charge in [0, 0.05) is 18.0 Å². The molecule has 5 rings (SSSR count). The zero-order valence-corrected chi connectivity index (χ0v) is 15.0. The number of hydrogen-bond donors (Lipinski definition) is 2. The van der Waals surface area contributed by atoms with Crippen molar-refractivity contribution in [2.24, 2.45) is 0 Å². The van der Waals surface area contributed by atoms with E-state index in [1.165, 1.54) is 0 Å². The highest BCUT2D eigenvalue weighted by Gasteiger charge is 2.75. The molecule has 1 saturated carbocycles. The summed E-state index contributed by atoms with van der Waals surface area (Å²) < 4.78 is 11.5. The maximum absolute atomic E-state index is 12.7. The Balaban J connectivity index is 0.00000157. The van der Waals surface area contributed by atoms with Crippen LogP contribution >= 0.6 is 12.4 Å².